The maximum atomic E-state index is 11.8. The Balaban J connectivity index is 2.23. The van der Waals surface area contributed by atoms with Crippen LogP contribution < -0.4 is 4.74 Å². The molecule has 0 radical (unpaired) electrons. The van der Waals surface area contributed by atoms with Crippen LogP contribution >= 0.6 is 0 Å². The zero-order chi connectivity index (χ0) is 19.4. The van der Waals surface area contributed by atoms with Gasteiger partial charge in [0, 0.05) is 0 Å². The van der Waals surface area contributed by atoms with E-state index in [2.05, 4.69) is 6.92 Å². The Morgan fingerprint density at radius 3 is 2.00 bits per heavy atom. The van der Waals surface area contributed by atoms with Crippen LogP contribution in [0.4, 0.5) is 4.79 Å². The van der Waals surface area contributed by atoms with Gasteiger partial charge in [-0.1, -0.05) is 84.8 Å². The van der Waals surface area contributed by atoms with Gasteiger partial charge in [-0.15, -0.1) is 0 Å². The molecule has 0 spiro atoms. The molecule has 0 aliphatic heterocycles. The van der Waals surface area contributed by atoms with Crippen molar-refractivity contribution in [3.8, 4) is 5.75 Å². The van der Waals surface area contributed by atoms with E-state index < -0.39 is 6.16 Å². The van der Waals surface area contributed by atoms with Gasteiger partial charge in [-0.2, -0.15) is 0 Å². The summed E-state index contributed by atoms with van der Waals surface area (Å²) >= 11 is 0. The van der Waals surface area contributed by atoms with Crippen molar-refractivity contribution in [1.29, 1.82) is 0 Å². The summed E-state index contributed by atoms with van der Waals surface area (Å²) in [6, 6.07) is 7.78. The standard InChI is InChI=1S/C23H38O3/c1-6-7-8-9-10-11-12-13-14-20-15-17-21(18-16-20)26-22(24)25-19(2)23(3,4)5/h15-19H,6-14H2,1-5H3. The third kappa shape index (κ3) is 9.84. The number of benzene rings is 1. The molecular weight excluding hydrogens is 324 g/mol. The van der Waals surface area contributed by atoms with Crippen LogP contribution in [0.5, 0.6) is 5.75 Å². The summed E-state index contributed by atoms with van der Waals surface area (Å²) < 4.78 is 10.6. The number of rotatable bonds is 11. The highest BCUT2D eigenvalue weighted by atomic mass is 16.7. The first-order chi connectivity index (χ1) is 12.3. The van der Waals surface area contributed by atoms with Gasteiger partial charge in [0.2, 0.25) is 0 Å². The minimum absolute atomic E-state index is 0.0983. The third-order valence-corrected chi connectivity index (χ3v) is 4.94. The molecule has 0 N–H and O–H groups in total. The van der Waals surface area contributed by atoms with Gasteiger partial charge in [0.1, 0.15) is 11.9 Å². The van der Waals surface area contributed by atoms with E-state index in [0.29, 0.717) is 5.75 Å². The molecule has 3 nitrogen and oxygen atoms in total. The van der Waals surface area contributed by atoms with Gasteiger partial charge in [0.25, 0.3) is 0 Å². The van der Waals surface area contributed by atoms with E-state index in [1.165, 1.54) is 56.9 Å². The quantitative estimate of drug-likeness (QED) is 0.235. The number of unbranched alkanes of at least 4 members (excludes halogenated alkanes) is 7. The molecule has 0 bridgehead atoms. The molecule has 0 fully saturated rings. The van der Waals surface area contributed by atoms with Crippen LogP contribution in [0.1, 0.15) is 91.5 Å². The molecule has 0 aliphatic rings. The fourth-order valence-corrected chi connectivity index (χ4v) is 2.63. The summed E-state index contributed by atoms with van der Waals surface area (Å²) in [5.41, 5.74) is 1.19. The van der Waals surface area contributed by atoms with Gasteiger partial charge < -0.3 is 9.47 Å². The van der Waals surface area contributed by atoms with Crippen LogP contribution in [-0.4, -0.2) is 12.3 Å². The van der Waals surface area contributed by atoms with Crippen LogP contribution in [0.25, 0.3) is 0 Å². The predicted molar refractivity (Wildman–Crippen MR) is 109 cm³/mol. The van der Waals surface area contributed by atoms with Crippen molar-refractivity contribution in [3.05, 3.63) is 29.8 Å². The molecule has 1 aromatic rings. The summed E-state index contributed by atoms with van der Waals surface area (Å²) in [5, 5.41) is 0. The molecule has 0 aliphatic carbocycles. The number of aryl methyl sites for hydroxylation is 1. The lowest BCUT2D eigenvalue weighted by atomic mass is 9.90. The smallest absolute Gasteiger partial charge is 0.430 e. The summed E-state index contributed by atoms with van der Waals surface area (Å²) in [6.45, 7) is 10.2. The number of hydrogen-bond acceptors (Lipinski definition) is 3. The molecule has 1 aromatic carbocycles. The molecule has 0 saturated carbocycles. The molecule has 26 heavy (non-hydrogen) atoms. The van der Waals surface area contributed by atoms with Crippen molar-refractivity contribution >= 4 is 6.16 Å². The zero-order valence-corrected chi connectivity index (χ0v) is 17.5. The Hall–Kier alpha value is -1.51. The van der Waals surface area contributed by atoms with Crippen LogP contribution in [0.15, 0.2) is 24.3 Å². The lowest BCUT2D eigenvalue weighted by Crippen LogP contribution is -2.29. The van der Waals surface area contributed by atoms with Crippen LogP contribution in [0.2, 0.25) is 0 Å². The Morgan fingerprint density at radius 2 is 1.46 bits per heavy atom. The average Bonchev–Trinajstić information content (AvgIpc) is 2.57. The highest BCUT2D eigenvalue weighted by molar-refractivity contribution is 5.64. The lowest BCUT2D eigenvalue weighted by Gasteiger charge is -2.26. The fourth-order valence-electron chi connectivity index (χ4n) is 2.63. The molecule has 1 rings (SSSR count). The van der Waals surface area contributed by atoms with E-state index in [1.54, 1.807) is 0 Å². The third-order valence-electron chi connectivity index (χ3n) is 4.94. The predicted octanol–water partition coefficient (Wildman–Crippen LogP) is 7.32. The van der Waals surface area contributed by atoms with E-state index in [0.717, 1.165) is 6.42 Å². The highest BCUT2D eigenvalue weighted by Gasteiger charge is 2.24. The molecule has 0 heterocycles. The fraction of sp³-hybridized carbons (Fsp3) is 0.696. The summed E-state index contributed by atoms with van der Waals surface area (Å²) in [4.78, 5) is 11.8. The van der Waals surface area contributed by atoms with E-state index in [9.17, 15) is 4.79 Å². The van der Waals surface area contributed by atoms with Gasteiger partial charge in [0.15, 0.2) is 0 Å². The molecule has 0 saturated heterocycles. The molecular formula is C23H38O3. The van der Waals surface area contributed by atoms with Gasteiger partial charge in [-0.05, 0) is 42.9 Å². The second kappa shape index (κ2) is 12.0. The van der Waals surface area contributed by atoms with E-state index in [-0.39, 0.29) is 11.5 Å². The Kier molecular flexibility index (Phi) is 10.4. The van der Waals surface area contributed by atoms with Crippen molar-refractivity contribution < 1.29 is 14.3 Å². The van der Waals surface area contributed by atoms with E-state index in [1.807, 2.05) is 52.0 Å². The highest BCUT2D eigenvalue weighted by Crippen LogP contribution is 2.23. The first-order valence-corrected chi connectivity index (χ1v) is 10.3. The van der Waals surface area contributed by atoms with Crippen molar-refractivity contribution in [2.24, 2.45) is 5.41 Å². The lowest BCUT2D eigenvalue weighted by molar-refractivity contribution is 0.0163. The normalized spacial score (nSPS) is 12.7. The van der Waals surface area contributed by atoms with Crippen LogP contribution in [0, 0.1) is 5.41 Å². The first kappa shape index (κ1) is 22.5. The number of ether oxygens (including phenoxy) is 2. The Morgan fingerprint density at radius 1 is 0.923 bits per heavy atom. The van der Waals surface area contributed by atoms with Crippen molar-refractivity contribution in [2.45, 2.75) is 98.5 Å². The Labute approximate surface area is 160 Å². The van der Waals surface area contributed by atoms with Crippen molar-refractivity contribution in [3.63, 3.8) is 0 Å². The molecule has 0 aromatic heterocycles. The Bertz CT molecular complexity index is 499. The van der Waals surface area contributed by atoms with E-state index >= 15 is 0 Å². The van der Waals surface area contributed by atoms with Crippen LogP contribution in [-0.2, 0) is 11.2 Å². The largest absolute Gasteiger partial charge is 0.514 e. The molecule has 1 unspecified atom stereocenters. The second-order valence-corrected chi connectivity index (χ2v) is 8.35. The first-order valence-electron chi connectivity index (χ1n) is 10.3. The molecule has 0 amide bonds. The van der Waals surface area contributed by atoms with Crippen LogP contribution in [0.3, 0.4) is 0 Å². The summed E-state index contributed by atoms with van der Waals surface area (Å²) in [6.07, 6.45) is 10.9. The topological polar surface area (TPSA) is 35.5 Å². The zero-order valence-electron chi connectivity index (χ0n) is 17.5. The SMILES string of the molecule is CCCCCCCCCCc1ccc(OC(=O)OC(C)C(C)(C)C)cc1. The van der Waals surface area contributed by atoms with E-state index in [4.69, 9.17) is 9.47 Å². The molecule has 148 valence electrons. The molecule has 3 heteroatoms. The van der Waals surface area contributed by atoms with Gasteiger partial charge >= 0.3 is 6.16 Å². The summed E-state index contributed by atoms with van der Waals surface area (Å²) in [7, 11) is 0. The minimum Gasteiger partial charge on any atom is -0.430 e. The number of carbonyl (C=O) groups excluding carboxylic acids is 1. The molecule has 1 atom stereocenters. The second-order valence-electron chi connectivity index (χ2n) is 8.35. The monoisotopic (exact) mass is 362 g/mol. The number of hydrogen-bond donors (Lipinski definition) is 0. The van der Waals surface area contributed by atoms with Gasteiger partial charge in [0.05, 0.1) is 0 Å². The van der Waals surface area contributed by atoms with Gasteiger partial charge in [-0.3, -0.25) is 0 Å². The van der Waals surface area contributed by atoms with Crippen molar-refractivity contribution in [2.75, 3.05) is 0 Å². The average molecular weight is 363 g/mol. The maximum absolute atomic E-state index is 11.8. The van der Waals surface area contributed by atoms with Gasteiger partial charge in [-0.25, -0.2) is 4.79 Å². The summed E-state index contributed by atoms with van der Waals surface area (Å²) in [5.74, 6) is 0.538. The van der Waals surface area contributed by atoms with Crippen molar-refractivity contribution in [1.82, 2.24) is 0 Å². The maximum Gasteiger partial charge on any atom is 0.514 e. The number of carbonyl (C=O) groups is 1. The minimum atomic E-state index is -0.636.